The maximum atomic E-state index is 12.1. The van der Waals surface area contributed by atoms with Gasteiger partial charge in [-0.1, -0.05) is 43.3 Å². The zero-order valence-corrected chi connectivity index (χ0v) is 14.9. The fourth-order valence-corrected chi connectivity index (χ4v) is 2.97. The van der Waals surface area contributed by atoms with E-state index in [0.717, 1.165) is 28.6 Å². The number of para-hydroxylation sites is 2. The first-order valence-corrected chi connectivity index (χ1v) is 8.85. The molecule has 0 aliphatic rings. The van der Waals surface area contributed by atoms with E-state index in [1.165, 1.54) is 0 Å². The quantitative estimate of drug-likeness (QED) is 0.687. The van der Waals surface area contributed by atoms with Gasteiger partial charge in [0.05, 0.1) is 6.54 Å². The highest BCUT2D eigenvalue weighted by Gasteiger charge is 2.09. The average molecular weight is 349 g/mol. The zero-order chi connectivity index (χ0) is 18.4. The number of hydrogen-bond acceptors (Lipinski definition) is 2. The molecular weight excluding hydrogens is 326 g/mol. The molecule has 0 saturated heterocycles. The number of benzene rings is 2. The van der Waals surface area contributed by atoms with Crippen molar-refractivity contribution in [2.45, 2.75) is 26.3 Å². The Morgan fingerprint density at radius 1 is 0.962 bits per heavy atom. The molecular formula is C21H23N3O2. The Morgan fingerprint density at radius 3 is 2.58 bits per heavy atom. The van der Waals surface area contributed by atoms with Gasteiger partial charge in [-0.05, 0) is 35.6 Å². The van der Waals surface area contributed by atoms with Crippen LogP contribution in [0.3, 0.4) is 0 Å². The summed E-state index contributed by atoms with van der Waals surface area (Å²) in [5.74, 6) is -0.354. The molecule has 0 fully saturated rings. The van der Waals surface area contributed by atoms with Crippen molar-refractivity contribution in [1.29, 1.82) is 0 Å². The Hall–Kier alpha value is -3.08. The van der Waals surface area contributed by atoms with Crippen LogP contribution in [-0.4, -0.2) is 22.9 Å². The Kier molecular flexibility index (Phi) is 5.69. The van der Waals surface area contributed by atoms with E-state index in [0.29, 0.717) is 13.0 Å². The smallest absolute Gasteiger partial charge is 0.243 e. The van der Waals surface area contributed by atoms with E-state index >= 15 is 0 Å². The van der Waals surface area contributed by atoms with Crippen LogP contribution in [0, 0.1) is 0 Å². The Labute approximate surface area is 153 Å². The van der Waals surface area contributed by atoms with Gasteiger partial charge in [0, 0.05) is 30.4 Å². The molecule has 3 aromatic rings. The molecule has 0 radical (unpaired) electrons. The second kappa shape index (κ2) is 8.34. The maximum absolute atomic E-state index is 12.1. The molecule has 1 aromatic heterocycles. The summed E-state index contributed by atoms with van der Waals surface area (Å²) >= 11 is 0. The number of carbonyl (C=O) groups is 2. The number of aryl methyl sites for hydroxylation is 2. The highest BCUT2D eigenvalue weighted by Crippen LogP contribution is 2.16. The molecule has 2 amide bonds. The van der Waals surface area contributed by atoms with E-state index in [2.05, 4.69) is 10.6 Å². The molecule has 0 bridgehead atoms. The van der Waals surface area contributed by atoms with Crippen molar-refractivity contribution in [3.8, 4) is 0 Å². The highest BCUT2D eigenvalue weighted by atomic mass is 16.2. The van der Waals surface area contributed by atoms with Crippen molar-refractivity contribution < 1.29 is 9.59 Å². The van der Waals surface area contributed by atoms with Gasteiger partial charge in [0.2, 0.25) is 11.8 Å². The standard InChI is InChI=1S/C21H23N3O2/c1-2-16-7-3-5-9-18(16)23-21(26)15-22-20(25)12-14-24-13-11-17-8-4-6-10-19(17)24/h3-11,13H,2,12,14-15H2,1H3,(H,22,25)(H,23,26). The Morgan fingerprint density at radius 2 is 1.73 bits per heavy atom. The van der Waals surface area contributed by atoms with Crippen LogP contribution in [0.2, 0.25) is 0 Å². The maximum Gasteiger partial charge on any atom is 0.243 e. The fraction of sp³-hybridized carbons (Fsp3) is 0.238. The van der Waals surface area contributed by atoms with E-state index in [-0.39, 0.29) is 18.4 Å². The largest absolute Gasteiger partial charge is 0.347 e. The van der Waals surface area contributed by atoms with Gasteiger partial charge in [-0.25, -0.2) is 0 Å². The van der Waals surface area contributed by atoms with E-state index < -0.39 is 0 Å². The molecule has 5 heteroatoms. The fourth-order valence-electron chi connectivity index (χ4n) is 2.97. The Bertz CT molecular complexity index is 914. The molecule has 5 nitrogen and oxygen atoms in total. The van der Waals surface area contributed by atoms with Gasteiger partial charge in [-0.3, -0.25) is 9.59 Å². The lowest BCUT2D eigenvalue weighted by Crippen LogP contribution is -2.33. The van der Waals surface area contributed by atoms with Crippen molar-refractivity contribution in [3.63, 3.8) is 0 Å². The van der Waals surface area contributed by atoms with Crippen LogP contribution >= 0.6 is 0 Å². The normalized spacial score (nSPS) is 10.7. The van der Waals surface area contributed by atoms with Crippen molar-refractivity contribution in [2.24, 2.45) is 0 Å². The molecule has 0 aliphatic carbocycles. The molecule has 134 valence electrons. The van der Waals surface area contributed by atoms with Crippen LogP contribution in [0.5, 0.6) is 0 Å². The van der Waals surface area contributed by atoms with Crippen LogP contribution in [0.1, 0.15) is 18.9 Å². The highest BCUT2D eigenvalue weighted by molar-refractivity contribution is 5.95. The van der Waals surface area contributed by atoms with Gasteiger partial charge >= 0.3 is 0 Å². The van der Waals surface area contributed by atoms with E-state index in [9.17, 15) is 9.59 Å². The third kappa shape index (κ3) is 4.30. The molecule has 26 heavy (non-hydrogen) atoms. The van der Waals surface area contributed by atoms with Crippen LogP contribution in [0.4, 0.5) is 5.69 Å². The summed E-state index contributed by atoms with van der Waals surface area (Å²) < 4.78 is 2.05. The lowest BCUT2D eigenvalue weighted by Gasteiger charge is -2.10. The van der Waals surface area contributed by atoms with Gasteiger partial charge in [0.1, 0.15) is 0 Å². The third-order valence-electron chi connectivity index (χ3n) is 4.38. The predicted octanol–water partition coefficient (Wildman–Crippen LogP) is 3.35. The minimum Gasteiger partial charge on any atom is -0.347 e. The summed E-state index contributed by atoms with van der Waals surface area (Å²) in [6.45, 7) is 2.60. The first kappa shape index (κ1) is 17.7. The average Bonchev–Trinajstić information content (AvgIpc) is 3.08. The SMILES string of the molecule is CCc1ccccc1NC(=O)CNC(=O)CCn1ccc2ccccc21. The summed E-state index contributed by atoms with van der Waals surface area (Å²) in [5.41, 5.74) is 2.98. The summed E-state index contributed by atoms with van der Waals surface area (Å²) in [5, 5.41) is 6.69. The number of fused-ring (bicyclic) bond motifs is 1. The number of aromatic nitrogens is 1. The number of amides is 2. The number of anilines is 1. The Balaban J connectivity index is 1.47. The molecule has 1 heterocycles. The number of nitrogens with zero attached hydrogens (tertiary/aromatic N) is 1. The zero-order valence-electron chi connectivity index (χ0n) is 14.9. The first-order valence-electron chi connectivity index (χ1n) is 8.85. The summed E-state index contributed by atoms with van der Waals surface area (Å²) in [6.07, 6.45) is 3.15. The van der Waals surface area contributed by atoms with Gasteiger partial charge in [-0.2, -0.15) is 0 Å². The molecule has 3 rings (SSSR count). The van der Waals surface area contributed by atoms with Gasteiger partial charge in [0.15, 0.2) is 0 Å². The molecule has 0 spiro atoms. The van der Waals surface area contributed by atoms with Crippen molar-refractivity contribution in [1.82, 2.24) is 9.88 Å². The molecule has 0 atom stereocenters. The van der Waals surface area contributed by atoms with Gasteiger partial charge in [-0.15, -0.1) is 0 Å². The predicted molar refractivity (Wildman–Crippen MR) is 104 cm³/mol. The summed E-state index contributed by atoms with van der Waals surface area (Å²) in [4.78, 5) is 24.1. The lowest BCUT2D eigenvalue weighted by atomic mass is 10.1. The van der Waals surface area contributed by atoms with Gasteiger partial charge in [0.25, 0.3) is 0 Å². The number of hydrogen-bond donors (Lipinski definition) is 2. The van der Waals surface area contributed by atoms with E-state index in [1.807, 2.05) is 72.3 Å². The van der Waals surface area contributed by atoms with Crippen LogP contribution in [0.25, 0.3) is 10.9 Å². The molecule has 2 aromatic carbocycles. The minimum absolute atomic E-state index is 0.0245. The minimum atomic E-state index is -0.217. The van der Waals surface area contributed by atoms with Crippen LogP contribution < -0.4 is 10.6 Å². The summed E-state index contributed by atoms with van der Waals surface area (Å²) in [6, 6.07) is 17.8. The first-order chi connectivity index (χ1) is 12.7. The van der Waals surface area contributed by atoms with E-state index in [1.54, 1.807) is 0 Å². The lowest BCUT2D eigenvalue weighted by molar-refractivity contribution is -0.124. The monoisotopic (exact) mass is 349 g/mol. The van der Waals surface area contributed by atoms with Crippen molar-refractivity contribution in [3.05, 3.63) is 66.4 Å². The number of carbonyl (C=O) groups excluding carboxylic acids is 2. The molecule has 0 saturated carbocycles. The third-order valence-corrected chi connectivity index (χ3v) is 4.38. The van der Waals surface area contributed by atoms with Crippen LogP contribution in [0.15, 0.2) is 60.8 Å². The number of nitrogens with one attached hydrogen (secondary N) is 2. The molecule has 2 N–H and O–H groups in total. The number of rotatable bonds is 7. The second-order valence-corrected chi connectivity index (χ2v) is 6.15. The molecule has 0 unspecified atom stereocenters. The van der Waals surface area contributed by atoms with Crippen molar-refractivity contribution in [2.75, 3.05) is 11.9 Å². The topological polar surface area (TPSA) is 63.1 Å². The molecule has 0 aliphatic heterocycles. The summed E-state index contributed by atoms with van der Waals surface area (Å²) in [7, 11) is 0. The van der Waals surface area contributed by atoms with Crippen LogP contribution in [-0.2, 0) is 22.6 Å². The van der Waals surface area contributed by atoms with Gasteiger partial charge < -0.3 is 15.2 Å². The van der Waals surface area contributed by atoms with Crippen molar-refractivity contribution >= 4 is 28.4 Å². The second-order valence-electron chi connectivity index (χ2n) is 6.15. The van der Waals surface area contributed by atoms with E-state index in [4.69, 9.17) is 0 Å².